The molecule has 0 radical (unpaired) electrons. The lowest BCUT2D eigenvalue weighted by molar-refractivity contribution is -0.120. The van der Waals surface area contributed by atoms with Gasteiger partial charge in [-0.2, -0.15) is 0 Å². The van der Waals surface area contributed by atoms with E-state index < -0.39 is 10.0 Å². The highest BCUT2D eigenvalue weighted by Crippen LogP contribution is 2.18. The first-order chi connectivity index (χ1) is 15.3. The lowest BCUT2D eigenvalue weighted by Gasteiger charge is -2.15. The van der Waals surface area contributed by atoms with E-state index in [1.54, 1.807) is 24.3 Å². The van der Waals surface area contributed by atoms with E-state index in [1.165, 1.54) is 11.8 Å². The Kier molecular flexibility index (Phi) is 8.43. The van der Waals surface area contributed by atoms with Crippen LogP contribution in [0.3, 0.4) is 0 Å². The maximum absolute atomic E-state index is 12.7. The third-order valence-electron chi connectivity index (χ3n) is 4.74. The molecule has 0 saturated carbocycles. The minimum absolute atomic E-state index is 0.0492. The van der Waals surface area contributed by atoms with Crippen molar-refractivity contribution in [3.63, 3.8) is 0 Å². The van der Waals surface area contributed by atoms with Gasteiger partial charge >= 0.3 is 0 Å². The van der Waals surface area contributed by atoms with E-state index in [0.717, 1.165) is 17.0 Å². The van der Waals surface area contributed by atoms with Gasteiger partial charge in [-0.3, -0.25) is 9.89 Å². The van der Waals surface area contributed by atoms with Crippen molar-refractivity contribution in [3.05, 3.63) is 71.5 Å². The van der Waals surface area contributed by atoms with Crippen molar-refractivity contribution >= 4 is 27.7 Å². The first-order valence-electron chi connectivity index (χ1n) is 10.3. The van der Waals surface area contributed by atoms with Crippen LogP contribution in [0.4, 0.5) is 0 Å². The number of carbonyl (C=O) groups excluding carboxylic acids is 1. The number of amides is 1. The minimum Gasteiger partial charge on any atom is -0.355 e. The van der Waals surface area contributed by atoms with Crippen LogP contribution in [0.1, 0.15) is 36.3 Å². The Morgan fingerprint density at radius 3 is 2.50 bits per heavy atom. The van der Waals surface area contributed by atoms with E-state index in [1.807, 2.05) is 44.2 Å². The van der Waals surface area contributed by atoms with Gasteiger partial charge in [0.2, 0.25) is 21.1 Å². The summed E-state index contributed by atoms with van der Waals surface area (Å²) >= 11 is 1.47. The maximum atomic E-state index is 12.7. The van der Waals surface area contributed by atoms with Crippen LogP contribution in [0.25, 0.3) is 0 Å². The van der Waals surface area contributed by atoms with E-state index >= 15 is 0 Å². The molecule has 2 aromatic carbocycles. The Bertz CT molecular complexity index is 1120. The summed E-state index contributed by atoms with van der Waals surface area (Å²) in [5, 5.41) is 10.3. The number of nitrogens with zero attached hydrogens (tertiary/aromatic N) is 2. The van der Waals surface area contributed by atoms with Crippen LogP contribution >= 0.6 is 11.8 Å². The minimum atomic E-state index is -3.64. The van der Waals surface area contributed by atoms with Crippen LogP contribution in [-0.2, 0) is 21.2 Å². The van der Waals surface area contributed by atoms with Crippen molar-refractivity contribution in [2.75, 3.05) is 12.3 Å². The SMILES string of the molecule is Cc1nc(SCCNC(=O)CCc2ccc(S(=O)(=O)NC(C)c3ccccc3)cc2)n[nH]1. The molecule has 1 amide bonds. The zero-order valence-corrected chi connectivity index (χ0v) is 19.7. The quantitative estimate of drug-likeness (QED) is 0.291. The largest absolute Gasteiger partial charge is 0.355 e. The zero-order chi connectivity index (χ0) is 23.0. The van der Waals surface area contributed by atoms with Crippen molar-refractivity contribution in [2.45, 2.75) is 42.8 Å². The number of H-pyrrole nitrogens is 1. The molecule has 1 heterocycles. The molecule has 8 nitrogen and oxygen atoms in total. The Morgan fingerprint density at radius 1 is 1.12 bits per heavy atom. The number of nitrogens with one attached hydrogen (secondary N) is 3. The Balaban J connectivity index is 1.43. The van der Waals surface area contributed by atoms with Crippen LogP contribution in [0.5, 0.6) is 0 Å². The van der Waals surface area contributed by atoms with Crippen LogP contribution < -0.4 is 10.0 Å². The van der Waals surface area contributed by atoms with E-state index in [9.17, 15) is 13.2 Å². The molecular weight excluding hydrogens is 446 g/mol. The standard InChI is InChI=1S/C22H27N5O3S2/c1-16(19-6-4-3-5-7-19)27-32(29,30)20-11-8-18(9-12-20)10-13-21(28)23-14-15-31-22-24-17(2)25-26-22/h3-9,11-12,16,27H,10,13-15H2,1-2H3,(H,23,28)(H,24,25,26). The number of aromatic nitrogens is 3. The van der Waals surface area contributed by atoms with Crippen molar-refractivity contribution in [1.29, 1.82) is 0 Å². The molecule has 3 N–H and O–H groups in total. The number of hydrogen-bond acceptors (Lipinski definition) is 6. The normalized spacial score (nSPS) is 12.4. The third-order valence-corrected chi connectivity index (χ3v) is 7.14. The predicted molar refractivity (Wildman–Crippen MR) is 125 cm³/mol. The van der Waals surface area contributed by atoms with Gasteiger partial charge in [-0.05, 0) is 43.5 Å². The molecule has 0 spiro atoms. The topological polar surface area (TPSA) is 117 Å². The van der Waals surface area contributed by atoms with Crippen LogP contribution in [0.2, 0.25) is 0 Å². The van der Waals surface area contributed by atoms with Gasteiger partial charge in [-0.1, -0.05) is 54.2 Å². The van der Waals surface area contributed by atoms with E-state index in [-0.39, 0.29) is 16.8 Å². The van der Waals surface area contributed by atoms with Gasteiger partial charge in [0.05, 0.1) is 4.90 Å². The van der Waals surface area contributed by atoms with Gasteiger partial charge in [0.15, 0.2) is 0 Å². The van der Waals surface area contributed by atoms with Crippen molar-refractivity contribution in [1.82, 2.24) is 25.2 Å². The fraction of sp³-hybridized carbons (Fsp3) is 0.318. The number of thioether (sulfide) groups is 1. The average molecular weight is 474 g/mol. The zero-order valence-electron chi connectivity index (χ0n) is 18.0. The van der Waals surface area contributed by atoms with Crippen LogP contribution in [0.15, 0.2) is 64.6 Å². The van der Waals surface area contributed by atoms with Crippen LogP contribution in [-0.4, -0.2) is 41.8 Å². The Morgan fingerprint density at radius 2 is 1.84 bits per heavy atom. The van der Waals surface area contributed by atoms with Crippen molar-refractivity contribution in [3.8, 4) is 0 Å². The van der Waals surface area contributed by atoms with Crippen LogP contribution in [0, 0.1) is 6.92 Å². The number of aromatic amines is 1. The molecule has 3 aromatic rings. The fourth-order valence-corrected chi connectivity index (χ4v) is 4.94. The second kappa shape index (κ2) is 11.3. The highest BCUT2D eigenvalue weighted by molar-refractivity contribution is 7.99. The van der Waals surface area contributed by atoms with Gasteiger partial charge in [-0.15, -0.1) is 5.10 Å². The molecule has 170 valence electrons. The number of benzene rings is 2. The van der Waals surface area contributed by atoms with Crippen molar-refractivity contribution < 1.29 is 13.2 Å². The summed E-state index contributed by atoms with van der Waals surface area (Å²) in [5.41, 5.74) is 1.80. The maximum Gasteiger partial charge on any atom is 0.241 e. The van der Waals surface area contributed by atoms with Crippen molar-refractivity contribution in [2.24, 2.45) is 0 Å². The Labute approximate surface area is 192 Å². The predicted octanol–water partition coefficient (Wildman–Crippen LogP) is 2.99. The molecule has 0 saturated heterocycles. The van der Waals surface area contributed by atoms with Gasteiger partial charge < -0.3 is 5.32 Å². The van der Waals surface area contributed by atoms with Gasteiger partial charge in [-0.25, -0.2) is 18.1 Å². The summed E-state index contributed by atoms with van der Waals surface area (Å²) in [4.78, 5) is 16.4. The molecule has 0 aliphatic rings. The summed E-state index contributed by atoms with van der Waals surface area (Å²) in [7, 11) is -3.64. The Hall–Kier alpha value is -2.69. The lowest BCUT2D eigenvalue weighted by Crippen LogP contribution is -2.27. The number of rotatable bonds is 11. The molecule has 1 atom stereocenters. The van der Waals surface area contributed by atoms with Gasteiger partial charge in [0.25, 0.3) is 0 Å². The number of aryl methyl sites for hydroxylation is 2. The summed E-state index contributed by atoms with van der Waals surface area (Å²) in [6.45, 7) is 4.17. The molecule has 3 rings (SSSR count). The first kappa shape index (κ1) is 24.0. The molecule has 0 aliphatic carbocycles. The molecule has 1 unspecified atom stereocenters. The number of hydrogen-bond donors (Lipinski definition) is 3. The van der Waals surface area contributed by atoms with E-state index in [4.69, 9.17) is 0 Å². The molecular formula is C22H27N5O3S2. The monoisotopic (exact) mass is 473 g/mol. The highest BCUT2D eigenvalue weighted by Gasteiger charge is 2.18. The second-order valence-electron chi connectivity index (χ2n) is 7.30. The van der Waals surface area contributed by atoms with E-state index in [0.29, 0.717) is 30.3 Å². The smallest absolute Gasteiger partial charge is 0.241 e. The summed E-state index contributed by atoms with van der Waals surface area (Å²) in [6, 6.07) is 15.7. The van der Waals surface area contributed by atoms with Gasteiger partial charge in [0, 0.05) is 24.8 Å². The summed E-state index contributed by atoms with van der Waals surface area (Å²) in [5.74, 6) is 1.40. The van der Waals surface area contributed by atoms with E-state index in [2.05, 4.69) is 25.2 Å². The first-order valence-corrected chi connectivity index (χ1v) is 12.7. The number of sulfonamides is 1. The molecule has 10 heteroatoms. The highest BCUT2D eigenvalue weighted by atomic mass is 32.2. The summed E-state index contributed by atoms with van der Waals surface area (Å²) in [6.07, 6.45) is 0.868. The second-order valence-corrected chi connectivity index (χ2v) is 10.1. The molecule has 0 fully saturated rings. The molecule has 0 bridgehead atoms. The molecule has 0 aliphatic heterocycles. The lowest BCUT2D eigenvalue weighted by atomic mass is 10.1. The third kappa shape index (κ3) is 7.18. The summed E-state index contributed by atoms with van der Waals surface area (Å²) < 4.78 is 28.0. The molecule has 32 heavy (non-hydrogen) atoms. The fourth-order valence-electron chi connectivity index (χ4n) is 3.01. The molecule has 1 aromatic heterocycles. The number of carbonyl (C=O) groups is 1. The van der Waals surface area contributed by atoms with Gasteiger partial charge in [0.1, 0.15) is 5.82 Å². The average Bonchev–Trinajstić information content (AvgIpc) is 3.21.